The fourth-order valence-electron chi connectivity index (χ4n) is 1.42. The number of aliphatic carboxylic acids is 1. The molecular formula is C11H22N2O4. The molecule has 0 rings (SSSR count). The highest BCUT2D eigenvalue weighted by Gasteiger charge is 2.21. The molecule has 0 bridgehead atoms. The molecule has 17 heavy (non-hydrogen) atoms. The highest BCUT2D eigenvalue weighted by atomic mass is 16.4. The average molecular weight is 246 g/mol. The van der Waals surface area contributed by atoms with Crippen LogP contribution in [0.25, 0.3) is 0 Å². The summed E-state index contributed by atoms with van der Waals surface area (Å²) in [6, 6.07) is -1.22. The van der Waals surface area contributed by atoms with Crippen molar-refractivity contribution < 1.29 is 19.8 Å². The minimum Gasteiger partial charge on any atom is -0.480 e. The lowest BCUT2D eigenvalue weighted by Gasteiger charge is -2.23. The molecule has 0 aliphatic heterocycles. The topological polar surface area (TPSA) is 113 Å². The van der Waals surface area contributed by atoms with Crippen LogP contribution in [0.2, 0.25) is 0 Å². The number of hydrogen-bond donors (Lipinski definition) is 4. The van der Waals surface area contributed by atoms with Crippen molar-refractivity contribution in [1.29, 1.82) is 0 Å². The first-order valence-electron chi connectivity index (χ1n) is 5.65. The van der Waals surface area contributed by atoms with Crippen LogP contribution in [0.3, 0.4) is 0 Å². The molecule has 1 atom stereocenters. The molecule has 0 aliphatic carbocycles. The van der Waals surface area contributed by atoms with E-state index in [9.17, 15) is 9.59 Å². The second-order valence-corrected chi connectivity index (χ2v) is 4.84. The lowest BCUT2D eigenvalue weighted by Crippen LogP contribution is -2.43. The van der Waals surface area contributed by atoms with Crippen molar-refractivity contribution in [3.8, 4) is 0 Å². The highest BCUT2D eigenvalue weighted by molar-refractivity contribution is 5.83. The second kappa shape index (κ2) is 7.24. The number of carbonyl (C=O) groups is 2. The van der Waals surface area contributed by atoms with Crippen molar-refractivity contribution in [3.63, 3.8) is 0 Å². The Kier molecular flexibility index (Phi) is 6.75. The lowest BCUT2D eigenvalue weighted by molar-refractivity contribution is -0.143. The van der Waals surface area contributed by atoms with Crippen molar-refractivity contribution in [1.82, 2.24) is 5.32 Å². The molecule has 0 aliphatic rings. The van der Waals surface area contributed by atoms with Gasteiger partial charge in [0.15, 0.2) is 0 Å². The van der Waals surface area contributed by atoms with Gasteiger partial charge in [0.25, 0.3) is 0 Å². The molecule has 0 aromatic rings. The first-order valence-corrected chi connectivity index (χ1v) is 5.65. The molecule has 0 aromatic heterocycles. The number of nitrogens with one attached hydrogen (secondary N) is 1. The van der Waals surface area contributed by atoms with Crippen molar-refractivity contribution in [2.45, 2.75) is 39.2 Å². The number of hydrogen-bond acceptors (Lipinski definition) is 4. The molecule has 6 nitrogen and oxygen atoms in total. The van der Waals surface area contributed by atoms with E-state index in [1.54, 1.807) is 0 Å². The summed E-state index contributed by atoms with van der Waals surface area (Å²) in [5.74, 6) is -1.60. The Morgan fingerprint density at radius 1 is 1.35 bits per heavy atom. The zero-order valence-corrected chi connectivity index (χ0v) is 10.4. The molecule has 1 amide bonds. The molecule has 100 valence electrons. The van der Waals surface area contributed by atoms with Gasteiger partial charge >= 0.3 is 5.97 Å². The monoisotopic (exact) mass is 246 g/mol. The number of amides is 1. The third-order valence-corrected chi connectivity index (χ3v) is 2.67. The molecule has 6 heteroatoms. The Morgan fingerprint density at radius 2 is 1.94 bits per heavy atom. The Balaban J connectivity index is 4.06. The number of carbonyl (C=O) groups excluding carboxylic acids is 1. The summed E-state index contributed by atoms with van der Waals surface area (Å²) in [6.07, 6.45) is 1.67. The van der Waals surface area contributed by atoms with Gasteiger partial charge in [-0.15, -0.1) is 0 Å². The van der Waals surface area contributed by atoms with Gasteiger partial charge in [0.05, 0.1) is 6.61 Å². The van der Waals surface area contributed by atoms with Crippen LogP contribution in [0.1, 0.15) is 33.1 Å². The number of carboxylic acid groups (broad SMARTS) is 1. The molecular weight excluding hydrogens is 224 g/mol. The summed E-state index contributed by atoms with van der Waals surface area (Å²) < 4.78 is 0. The molecule has 0 fully saturated rings. The van der Waals surface area contributed by atoms with Crippen LogP contribution in [0.4, 0.5) is 0 Å². The summed E-state index contributed by atoms with van der Waals surface area (Å²) in [5.41, 5.74) is 5.41. The second-order valence-electron chi connectivity index (χ2n) is 4.84. The van der Waals surface area contributed by atoms with Crippen LogP contribution in [0.5, 0.6) is 0 Å². The van der Waals surface area contributed by atoms with Gasteiger partial charge in [0.1, 0.15) is 6.04 Å². The largest absolute Gasteiger partial charge is 0.480 e. The van der Waals surface area contributed by atoms with E-state index in [1.807, 2.05) is 13.8 Å². The van der Waals surface area contributed by atoms with Crippen LogP contribution in [0, 0.1) is 5.41 Å². The van der Waals surface area contributed by atoms with Crippen LogP contribution in [-0.4, -0.2) is 41.3 Å². The smallest absolute Gasteiger partial charge is 0.328 e. The Morgan fingerprint density at radius 3 is 2.35 bits per heavy atom. The van der Waals surface area contributed by atoms with Crippen molar-refractivity contribution in [2.75, 3.05) is 13.2 Å². The van der Waals surface area contributed by atoms with E-state index in [2.05, 4.69) is 5.32 Å². The molecule has 0 saturated heterocycles. The Hall–Kier alpha value is -1.14. The number of carboxylic acids is 1. The van der Waals surface area contributed by atoms with E-state index in [-0.39, 0.29) is 17.7 Å². The molecule has 0 spiro atoms. The highest BCUT2D eigenvalue weighted by Crippen LogP contribution is 2.25. The number of nitrogens with two attached hydrogens (primary N) is 1. The number of rotatable bonds is 8. The SMILES string of the molecule is CC(C)(CCN)CCC(=O)N[C@H](CO)C(=O)O. The van der Waals surface area contributed by atoms with Crippen LogP contribution < -0.4 is 11.1 Å². The quantitative estimate of drug-likeness (QED) is 0.470. The van der Waals surface area contributed by atoms with Gasteiger partial charge in [-0.2, -0.15) is 0 Å². The zero-order valence-electron chi connectivity index (χ0n) is 10.4. The lowest BCUT2D eigenvalue weighted by atomic mass is 9.84. The summed E-state index contributed by atoms with van der Waals surface area (Å²) >= 11 is 0. The van der Waals surface area contributed by atoms with E-state index in [0.29, 0.717) is 13.0 Å². The Labute approximate surface area is 101 Å². The maximum absolute atomic E-state index is 11.5. The van der Waals surface area contributed by atoms with E-state index < -0.39 is 18.6 Å². The summed E-state index contributed by atoms with van der Waals surface area (Å²) in [7, 11) is 0. The molecule has 0 heterocycles. The number of aliphatic hydroxyl groups is 1. The van der Waals surface area contributed by atoms with Crippen molar-refractivity contribution >= 4 is 11.9 Å². The molecule has 0 saturated carbocycles. The first kappa shape index (κ1) is 15.9. The van der Waals surface area contributed by atoms with E-state index in [0.717, 1.165) is 6.42 Å². The van der Waals surface area contributed by atoms with Gasteiger partial charge in [-0.25, -0.2) is 4.79 Å². The fraction of sp³-hybridized carbons (Fsp3) is 0.818. The first-order chi connectivity index (χ1) is 7.82. The minimum absolute atomic E-state index is 0.0377. The molecule has 5 N–H and O–H groups in total. The zero-order chi connectivity index (χ0) is 13.5. The maximum atomic E-state index is 11.5. The van der Waals surface area contributed by atoms with Gasteiger partial charge in [0.2, 0.25) is 5.91 Å². The predicted octanol–water partition coefficient (Wildman–Crippen LogP) is -0.297. The van der Waals surface area contributed by atoms with Crippen LogP contribution in [0.15, 0.2) is 0 Å². The summed E-state index contributed by atoms with van der Waals surface area (Å²) in [4.78, 5) is 22.0. The van der Waals surface area contributed by atoms with Gasteiger partial charge < -0.3 is 21.3 Å². The maximum Gasteiger partial charge on any atom is 0.328 e. The number of aliphatic hydroxyl groups excluding tert-OH is 1. The third kappa shape index (κ3) is 6.91. The van der Waals surface area contributed by atoms with Gasteiger partial charge in [0, 0.05) is 6.42 Å². The molecule has 0 unspecified atom stereocenters. The normalized spacial score (nSPS) is 13.2. The van der Waals surface area contributed by atoms with E-state index in [1.165, 1.54) is 0 Å². The predicted molar refractivity (Wildman–Crippen MR) is 63.3 cm³/mol. The molecule has 0 aromatic carbocycles. The molecule has 0 radical (unpaired) electrons. The fourth-order valence-corrected chi connectivity index (χ4v) is 1.42. The van der Waals surface area contributed by atoms with Crippen molar-refractivity contribution in [3.05, 3.63) is 0 Å². The third-order valence-electron chi connectivity index (χ3n) is 2.67. The van der Waals surface area contributed by atoms with E-state index in [4.69, 9.17) is 15.9 Å². The summed E-state index contributed by atoms with van der Waals surface area (Å²) in [6.45, 7) is 3.97. The van der Waals surface area contributed by atoms with Gasteiger partial charge in [-0.05, 0) is 24.8 Å². The van der Waals surface area contributed by atoms with Gasteiger partial charge in [-0.3, -0.25) is 4.79 Å². The standard InChI is InChI=1S/C11H22N2O4/c1-11(2,5-6-12)4-3-9(15)13-8(7-14)10(16)17/h8,14H,3-7,12H2,1-2H3,(H,13,15)(H,16,17)/t8-/m1/s1. The summed E-state index contributed by atoms with van der Waals surface area (Å²) in [5, 5.41) is 19.6. The minimum atomic E-state index is -1.23. The van der Waals surface area contributed by atoms with Crippen molar-refractivity contribution in [2.24, 2.45) is 11.1 Å². The van der Waals surface area contributed by atoms with Crippen LogP contribution in [-0.2, 0) is 9.59 Å². The Bertz CT molecular complexity index is 266. The van der Waals surface area contributed by atoms with Gasteiger partial charge in [-0.1, -0.05) is 13.8 Å². The van der Waals surface area contributed by atoms with Crippen LogP contribution >= 0.6 is 0 Å². The van der Waals surface area contributed by atoms with E-state index >= 15 is 0 Å². The average Bonchev–Trinajstić information content (AvgIpc) is 2.22.